The fourth-order valence-corrected chi connectivity index (χ4v) is 5.93. The molecule has 0 saturated heterocycles. The van der Waals surface area contributed by atoms with Crippen LogP contribution < -0.4 is 9.21 Å². The second-order valence-electron chi connectivity index (χ2n) is 8.24. The van der Waals surface area contributed by atoms with Crippen LogP contribution in [0.15, 0.2) is 83.4 Å². The first-order valence-electron chi connectivity index (χ1n) is 10.8. The Morgan fingerprint density at radius 2 is 1.90 bits per heavy atom. The van der Waals surface area contributed by atoms with Crippen molar-refractivity contribution in [1.29, 1.82) is 0 Å². The molecule has 0 saturated carbocycles. The first-order chi connectivity index (χ1) is 14.8. The second-order valence-corrected chi connectivity index (χ2v) is 9.30. The van der Waals surface area contributed by atoms with E-state index in [0.29, 0.717) is 0 Å². The Balaban J connectivity index is 1.07. The van der Waals surface area contributed by atoms with Gasteiger partial charge in [-0.3, -0.25) is 0 Å². The van der Waals surface area contributed by atoms with Crippen molar-refractivity contribution in [2.75, 3.05) is 28.8 Å². The van der Waals surface area contributed by atoms with E-state index in [4.69, 9.17) is 0 Å². The molecule has 1 aromatic heterocycles. The van der Waals surface area contributed by atoms with Crippen LogP contribution in [0, 0.1) is 0 Å². The van der Waals surface area contributed by atoms with Gasteiger partial charge in [0.1, 0.15) is 0 Å². The lowest BCUT2D eigenvalue weighted by molar-refractivity contribution is 0.723. The number of benzene rings is 3. The molecule has 0 atom stereocenters. The summed E-state index contributed by atoms with van der Waals surface area (Å²) in [7, 11) is 0. The van der Waals surface area contributed by atoms with Gasteiger partial charge >= 0.3 is 0 Å². The van der Waals surface area contributed by atoms with Gasteiger partial charge in [-0.1, -0.05) is 35.9 Å². The van der Waals surface area contributed by atoms with E-state index in [-0.39, 0.29) is 0 Å². The quantitative estimate of drug-likeness (QED) is 0.289. The predicted molar refractivity (Wildman–Crippen MR) is 130 cm³/mol. The largest absolute Gasteiger partial charge is 0.367 e. The molecule has 0 unspecified atom stereocenters. The van der Waals surface area contributed by atoms with Gasteiger partial charge in [0.15, 0.2) is 0 Å². The molecule has 0 aliphatic carbocycles. The van der Waals surface area contributed by atoms with E-state index in [2.05, 4.69) is 80.9 Å². The summed E-state index contributed by atoms with van der Waals surface area (Å²) in [6.07, 6.45) is 8.05. The lowest BCUT2D eigenvalue weighted by Gasteiger charge is -2.29. The van der Waals surface area contributed by atoms with Crippen molar-refractivity contribution in [3.05, 3.63) is 78.5 Å². The third-order valence-electron chi connectivity index (χ3n) is 6.39. The van der Waals surface area contributed by atoms with Crippen LogP contribution in [-0.4, -0.2) is 24.6 Å². The van der Waals surface area contributed by atoms with Crippen LogP contribution >= 0.6 is 11.9 Å². The molecule has 0 radical (unpaired) electrons. The van der Waals surface area contributed by atoms with Gasteiger partial charge in [0, 0.05) is 52.7 Å². The summed E-state index contributed by atoms with van der Waals surface area (Å²) in [5.74, 6) is 0. The molecule has 0 fully saturated rings. The zero-order valence-corrected chi connectivity index (χ0v) is 17.8. The number of rotatable bonds is 5. The minimum atomic E-state index is 1.02. The van der Waals surface area contributed by atoms with E-state index in [1.54, 1.807) is 5.57 Å². The summed E-state index contributed by atoms with van der Waals surface area (Å²) < 4.78 is 2.49. The Kier molecular flexibility index (Phi) is 4.45. The molecule has 4 aromatic rings. The molecule has 2 aliphatic heterocycles. The van der Waals surface area contributed by atoms with E-state index in [1.165, 1.54) is 57.2 Å². The highest BCUT2D eigenvalue weighted by Gasteiger charge is 2.22. The zero-order chi connectivity index (χ0) is 19.9. The Hall–Kier alpha value is -2.85. The number of anilines is 2. The lowest BCUT2D eigenvalue weighted by atomic mass is 10.0. The van der Waals surface area contributed by atoms with E-state index in [1.807, 2.05) is 18.1 Å². The summed E-state index contributed by atoms with van der Waals surface area (Å²) in [4.78, 5) is 7.17. The van der Waals surface area contributed by atoms with Gasteiger partial charge in [0.2, 0.25) is 0 Å². The SMILES string of the molecule is C1=C(CCCN2Sc3cccc4cccc2c34)CCN(c2ccc3[nH]ccc3c2)C1. The van der Waals surface area contributed by atoms with Crippen molar-refractivity contribution in [3.63, 3.8) is 0 Å². The molecular weight excluding hydrogens is 386 g/mol. The first kappa shape index (κ1) is 18.0. The van der Waals surface area contributed by atoms with Gasteiger partial charge < -0.3 is 14.2 Å². The minimum Gasteiger partial charge on any atom is -0.367 e. The number of H-pyrrole nitrogens is 1. The number of hydrogen-bond donors (Lipinski definition) is 1. The summed E-state index contributed by atoms with van der Waals surface area (Å²) in [5.41, 5.74) is 5.55. The number of nitrogens with one attached hydrogen (secondary N) is 1. The van der Waals surface area contributed by atoms with Crippen molar-refractivity contribution in [2.45, 2.75) is 24.2 Å². The van der Waals surface area contributed by atoms with Gasteiger partial charge in [-0.2, -0.15) is 0 Å². The van der Waals surface area contributed by atoms with Crippen molar-refractivity contribution in [3.8, 4) is 0 Å². The van der Waals surface area contributed by atoms with Crippen molar-refractivity contribution >= 4 is 45.0 Å². The van der Waals surface area contributed by atoms with Gasteiger partial charge in [0.05, 0.1) is 5.69 Å². The molecule has 0 spiro atoms. The van der Waals surface area contributed by atoms with Crippen LogP contribution in [0.1, 0.15) is 19.3 Å². The topological polar surface area (TPSA) is 22.3 Å². The number of aromatic amines is 1. The average Bonchev–Trinajstić information content (AvgIpc) is 3.40. The zero-order valence-electron chi connectivity index (χ0n) is 17.0. The van der Waals surface area contributed by atoms with Crippen LogP contribution in [0.3, 0.4) is 0 Å². The second kappa shape index (κ2) is 7.44. The van der Waals surface area contributed by atoms with Crippen LogP contribution in [0.4, 0.5) is 11.4 Å². The molecule has 30 heavy (non-hydrogen) atoms. The van der Waals surface area contributed by atoms with Crippen LogP contribution in [-0.2, 0) is 0 Å². The maximum absolute atomic E-state index is 3.28. The Morgan fingerprint density at radius 1 is 0.967 bits per heavy atom. The highest BCUT2D eigenvalue weighted by molar-refractivity contribution is 8.01. The summed E-state index contributed by atoms with van der Waals surface area (Å²) >= 11 is 1.90. The normalized spacial score (nSPS) is 15.9. The maximum atomic E-state index is 3.28. The van der Waals surface area contributed by atoms with Gasteiger partial charge in [-0.25, -0.2) is 0 Å². The molecule has 0 bridgehead atoms. The van der Waals surface area contributed by atoms with E-state index in [0.717, 1.165) is 19.6 Å². The first-order valence-corrected chi connectivity index (χ1v) is 11.6. The van der Waals surface area contributed by atoms with E-state index in [9.17, 15) is 0 Å². The van der Waals surface area contributed by atoms with E-state index < -0.39 is 0 Å². The maximum Gasteiger partial charge on any atom is 0.0563 e. The summed E-state index contributed by atoms with van der Waals surface area (Å²) in [5, 5.41) is 4.08. The predicted octanol–water partition coefficient (Wildman–Crippen LogP) is 6.77. The smallest absolute Gasteiger partial charge is 0.0563 e. The Labute approximate surface area is 181 Å². The van der Waals surface area contributed by atoms with Crippen molar-refractivity contribution in [1.82, 2.24) is 4.98 Å². The molecule has 4 heteroatoms. The van der Waals surface area contributed by atoms with Crippen LogP contribution in [0.2, 0.25) is 0 Å². The summed E-state index contributed by atoms with van der Waals surface area (Å²) in [6, 6.07) is 22.2. The molecule has 3 heterocycles. The van der Waals surface area contributed by atoms with Crippen LogP contribution in [0.5, 0.6) is 0 Å². The Morgan fingerprint density at radius 3 is 2.80 bits per heavy atom. The molecule has 2 aliphatic rings. The molecule has 0 amide bonds. The highest BCUT2D eigenvalue weighted by Crippen LogP contribution is 2.46. The van der Waals surface area contributed by atoms with Gasteiger partial charge in [0.25, 0.3) is 0 Å². The molecule has 3 nitrogen and oxygen atoms in total. The van der Waals surface area contributed by atoms with E-state index >= 15 is 0 Å². The minimum absolute atomic E-state index is 1.02. The average molecular weight is 412 g/mol. The fourth-order valence-electron chi connectivity index (χ4n) is 4.77. The third kappa shape index (κ3) is 3.16. The molecule has 3 aromatic carbocycles. The molecule has 1 N–H and O–H groups in total. The fraction of sp³-hybridized carbons (Fsp3) is 0.231. The third-order valence-corrected chi connectivity index (χ3v) is 7.52. The highest BCUT2D eigenvalue weighted by atomic mass is 32.2. The van der Waals surface area contributed by atoms with Crippen molar-refractivity contribution in [2.24, 2.45) is 0 Å². The summed E-state index contributed by atoms with van der Waals surface area (Å²) in [6.45, 7) is 3.24. The van der Waals surface area contributed by atoms with Gasteiger partial charge in [-0.05, 0) is 73.0 Å². The number of nitrogens with zero attached hydrogens (tertiary/aromatic N) is 2. The number of hydrogen-bond acceptors (Lipinski definition) is 3. The van der Waals surface area contributed by atoms with Gasteiger partial charge in [-0.15, -0.1) is 0 Å². The molecule has 6 rings (SSSR count). The number of aromatic nitrogens is 1. The molecule has 150 valence electrons. The monoisotopic (exact) mass is 411 g/mol. The van der Waals surface area contributed by atoms with Crippen LogP contribution in [0.25, 0.3) is 21.7 Å². The number of fused-ring (bicyclic) bond motifs is 1. The standard InChI is InChI=1S/C26H25N3S/c1-5-20-6-2-8-25-26(20)24(7-1)29(30-25)15-3-4-19-12-16-28(17-13-19)22-9-10-23-21(18-22)11-14-27-23/h1-2,5-12,14,18,27H,3-4,13,15-17H2. The molecular formula is C26H25N3S. The Bertz CT molecular complexity index is 1250. The van der Waals surface area contributed by atoms with Crippen molar-refractivity contribution < 1.29 is 0 Å². The lowest BCUT2D eigenvalue weighted by Crippen LogP contribution is -2.28.